The topological polar surface area (TPSA) is 81.2 Å². The minimum atomic E-state index is -0.368. The lowest BCUT2D eigenvalue weighted by Gasteiger charge is -2.06. The van der Waals surface area contributed by atoms with Crippen LogP contribution in [0.15, 0.2) is 18.2 Å². The molecule has 1 amide bonds. The van der Waals surface area contributed by atoms with E-state index >= 15 is 0 Å². The van der Waals surface area contributed by atoms with Crippen molar-refractivity contribution in [3.63, 3.8) is 0 Å². The summed E-state index contributed by atoms with van der Waals surface area (Å²) in [6, 6.07) is 5.35. The Bertz CT molecular complexity index is 670. The van der Waals surface area contributed by atoms with Crippen molar-refractivity contribution in [1.29, 1.82) is 0 Å². The third-order valence-electron chi connectivity index (χ3n) is 3.32. The molecule has 2 atom stereocenters. The first kappa shape index (κ1) is 13.0. The first-order valence-corrected chi connectivity index (χ1v) is 7.06. The Hall–Kier alpha value is -2.02. The first-order chi connectivity index (χ1) is 9.65. The van der Waals surface area contributed by atoms with Crippen molar-refractivity contribution in [3.05, 3.63) is 18.2 Å². The molecule has 0 bridgehead atoms. The average Bonchev–Trinajstić information content (AvgIpc) is 2.97. The molecule has 1 heterocycles. The van der Waals surface area contributed by atoms with Gasteiger partial charge in [0.1, 0.15) is 11.0 Å². The molecular weight excluding hydrogens is 278 g/mol. The van der Waals surface area contributed by atoms with Gasteiger partial charge in [-0.1, -0.05) is 13.0 Å². The van der Waals surface area contributed by atoms with E-state index in [9.17, 15) is 9.59 Å². The fourth-order valence-corrected chi connectivity index (χ4v) is 2.54. The van der Waals surface area contributed by atoms with Crippen molar-refractivity contribution < 1.29 is 14.3 Å². The van der Waals surface area contributed by atoms with E-state index in [0.717, 1.165) is 23.7 Å². The third kappa shape index (κ3) is 2.62. The van der Waals surface area contributed by atoms with Crippen LogP contribution in [0.1, 0.15) is 13.3 Å². The predicted octanol–water partition coefficient (Wildman–Crippen LogP) is 1.83. The first-order valence-electron chi connectivity index (χ1n) is 6.33. The molecule has 1 fully saturated rings. The minimum Gasteiger partial charge on any atom is -0.455 e. The normalized spacial score (nSPS) is 20.6. The van der Waals surface area contributed by atoms with Crippen LogP contribution in [-0.4, -0.2) is 27.2 Å². The third-order valence-corrected chi connectivity index (χ3v) is 3.86. The highest BCUT2D eigenvalue weighted by Crippen LogP contribution is 2.38. The van der Waals surface area contributed by atoms with Crippen molar-refractivity contribution in [2.45, 2.75) is 13.3 Å². The predicted molar refractivity (Wildman–Crippen MR) is 74.3 cm³/mol. The fraction of sp³-hybridized carbons (Fsp3) is 0.385. The highest BCUT2D eigenvalue weighted by atomic mass is 32.1. The van der Waals surface area contributed by atoms with E-state index in [1.165, 1.54) is 0 Å². The number of nitrogens with zero attached hydrogens (tertiary/aromatic N) is 2. The highest BCUT2D eigenvalue weighted by molar-refractivity contribution is 7.00. The van der Waals surface area contributed by atoms with Gasteiger partial charge in [-0.3, -0.25) is 9.59 Å². The monoisotopic (exact) mass is 291 g/mol. The van der Waals surface area contributed by atoms with Crippen LogP contribution in [0.2, 0.25) is 0 Å². The maximum atomic E-state index is 11.8. The summed E-state index contributed by atoms with van der Waals surface area (Å²) in [7, 11) is 0. The van der Waals surface area contributed by atoms with Gasteiger partial charge in [0.25, 0.3) is 5.91 Å². The number of amides is 1. The number of nitrogens with one attached hydrogen (secondary N) is 1. The van der Waals surface area contributed by atoms with Crippen LogP contribution in [0.25, 0.3) is 11.0 Å². The van der Waals surface area contributed by atoms with Gasteiger partial charge in [-0.05, 0) is 24.5 Å². The second-order valence-electron chi connectivity index (χ2n) is 4.91. The van der Waals surface area contributed by atoms with Crippen LogP contribution in [0.5, 0.6) is 0 Å². The Morgan fingerprint density at radius 3 is 3.00 bits per heavy atom. The summed E-state index contributed by atoms with van der Waals surface area (Å²) < 4.78 is 13.2. The molecule has 0 spiro atoms. The quantitative estimate of drug-likeness (QED) is 0.869. The Morgan fingerprint density at radius 1 is 1.45 bits per heavy atom. The summed E-state index contributed by atoms with van der Waals surface area (Å²) >= 11 is 1.09. The summed E-state index contributed by atoms with van der Waals surface area (Å²) in [5.41, 5.74) is 1.96. The van der Waals surface area contributed by atoms with Gasteiger partial charge in [0.15, 0.2) is 6.61 Å². The Kier molecular flexibility index (Phi) is 3.35. The fourth-order valence-electron chi connectivity index (χ4n) is 1.99. The van der Waals surface area contributed by atoms with E-state index in [1.54, 1.807) is 12.1 Å². The SMILES string of the molecule is C[C@H]1C[C@@H]1C(=O)OCC(=O)Nc1cccc2nsnc12. The minimum absolute atomic E-state index is 0.0334. The van der Waals surface area contributed by atoms with E-state index < -0.39 is 0 Å². The molecule has 0 unspecified atom stereocenters. The Balaban J connectivity index is 1.58. The van der Waals surface area contributed by atoms with Gasteiger partial charge in [-0.2, -0.15) is 8.75 Å². The molecule has 0 radical (unpaired) electrons. The lowest BCUT2D eigenvalue weighted by molar-refractivity contribution is -0.148. The van der Waals surface area contributed by atoms with Crippen molar-refractivity contribution in [2.75, 3.05) is 11.9 Å². The number of anilines is 1. The lowest BCUT2D eigenvalue weighted by atomic mass is 10.2. The van der Waals surface area contributed by atoms with Gasteiger partial charge in [0.05, 0.1) is 23.3 Å². The van der Waals surface area contributed by atoms with E-state index in [-0.39, 0.29) is 24.4 Å². The number of hydrogen-bond acceptors (Lipinski definition) is 6. The van der Waals surface area contributed by atoms with Crippen LogP contribution < -0.4 is 5.32 Å². The molecule has 0 saturated heterocycles. The maximum Gasteiger partial charge on any atom is 0.309 e. The molecule has 0 aliphatic heterocycles. The molecule has 1 N–H and O–H groups in total. The molecular formula is C13H13N3O3S. The molecule has 3 rings (SSSR count). The second-order valence-corrected chi connectivity index (χ2v) is 5.44. The van der Waals surface area contributed by atoms with E-state index in [4.69, 9.17) is 4.74 Å². The van der Waals surface area contributed by atoms with Crippen molar-refractivity contribution in [2.24, 2.45) is 11.8 Å². The lowest BCUT2D eigenvalue weighted by Crippen LogP contribution is -2.21. The zero-order valence-electron chi connectivity index (χ0n) is 10.8. The van der Waals surface area contributed by atoms with Gasteiger partial charge < -0.3 is 10.1 Å². The number of esters is 1. The molecule has 20 heavy (non-hydrogen) atoms. The number of fused-ring (bicyclic) bond motifs is 1. The largest absolute Gasteiger partial charge is 0.455 e. The van der Waals surface area contributed by atoms with Crippen LogP contribution in [0.4, 0.5) is 5.69 Å². The molecule has 104 valence electrons. The second kappa shape index (κ2) is 5.16. The molecule has 1 aromatic carbocycles. The van der Waals surface area contributed by atoms with Gasteiger partial charge in [0, 0.05) is 0 Å². The average molecular weight is 291 g/mol. The standard InChI is InChI=1S/C13H13N3O3S/c1-7-5-8(7)13(18)19-6-11(17)14-9-3-2-4-10-12(9)16-20-15-10/h2-4,7-8H,5-6H2,1H3,(H,14,17)/t7-,8-/m0/s1. The summed E-state index contributed by atoms with van der Waals surface area (Å²) in [6.45, 7) is 1.72. The summed E-state index contributed by atoms with van der Waals surface area (Å²) in [5.74, 6) is -0.317. The van der Waals surface area contributed by atoms with Crippen LogP contribution in [0.3, 0.4) is 0 Å². The Morgan fingerprint density at radius 2 is 2.25 bits per heavy atom. The number of rotatable bonds is 4. The summed E-state index contributed by atoms with van der Waals surface area (Å²) in [4.78, 5) is 23.3. The Labute approximate surface area is 119 Å². The summed E-state index contributed by atoms with van der Waals surface area (Å²) in [6.07, 6.45) is 0.851. The van der Waals surface area contributed by atoms with Gasteiger partial charge >= 0.3 is 5.97 Å². The number of aromatic nitrogens is 2. The zero-order chi connectivity index (χ0) is 14.1. The van der Waals surface area contributed by atoms with Crippen LogP contribution in [0, 0.1) is 11.8 Å². The number of benzene rings is 1. The smallest absolute Gasteiger partial charge is 0.309 e. The maximum absolute atomic E-state index is 11.8. The van der Waals surface area contributed by atoms with Crippen LogP contribution >= 0.6 is 11.7 Å². The molecule has 7 heteroatoms. The molecule has 1 aromatic heterocycles. The van der Waals surface area contributed by atoms with Crippen molar-refractivity contribution >= 4 is 40.3 Å². The van der Waals surface area contributed by atoms with Gasteiger partial charge in [-0.25, -0.2) is 0 Å². The molecule has 1 saturated carbocycles. The number of ether oxygens (including phenoxy) is 1. The highest BCUT2D eigenvalue weighted by Gasteiger charge is 2.40. The summed E-state index contributed by atoms with van der Waals surface area (Å²) in [5, 5.41) is 2.68. The van der Waals surface area contributed by atoms with Crippen molar-refractivity contribution in [1.82, 2.24) is 8.75 Å². The number of hydrogen-bond donors (Lipinski definition) is 1. The zero-order valence-corrected chi connectivity index (χ0v) is 11.6. The van der Waals surface area contributed by atoms with Gasteiger partial charge in [0.2, 0.25) is 0 Å². The van der Waals surface area contributed by atoms with Gasteiger partial charge in [-0.15, -0.1) is 0 Å². The van der Waals surface area contributed by atoms with Crippen molar-refractivity contribution in [3.8, 4) is 0 Å². The van der Waals surface area contributed by atoms with E-state index in [2.05, 4.69) is 14.1 Å². The molecule has 1 aliphatic carbocycles. The molecule has 1 aliphatic rings. The van der Waals surface area contributed by atoms with E-state index in [1.807, 2.05) is 13.0 Å². The van der Waals surface area contributed by atoms with Crippen LogP contribution in [-0.2, 0) is 14.3 Å². The number of carbonyl (C=O) groups excluding carboxylic acids is 2. The number of carbonyl (C=O) groups is 2. The molecule has 2 aromatic rings. The van der Waals surface area contributed by atoms with E-state index in [0.29, 0.717) is 17.1 Å². The molecule has 6 nitrogen and oxygen atoms in total.